The number of carbonyl (C=O) groups is 1. The number of fused-ring (bicyclic) bond motifs is 1. The van der Waals surface area contributed by atoms with Gasteiger partial charge in [0, 0.05) is 19.9 Å². The van der Waals surface area contributed by atoms with Crippen molar-refractivity contribution in [2.45, 2.75) is 19.4 Å². The molecule has 1 atom stereocenters. The highest BCUT2D eigenvalue weighted by Crippen LogP contribution is 2.22. The van der Waals surface area contributed by atoms with E-state index in [1.54, 1.807) is 6.92 Å². The van der Waals surface area contributed by atoms with Crippen molar-refractivity contribution >= 4 is 5.97 Å². The highest BCUT2D eigenvalue weighted by atomic mass is 16.4. The number of aliphatic carboxylic acids is 1. The summed E-state index contributed by atoms with van der Waals surface area (Å²) in [6.45, 7) is 2.34. The summed E-state index contributed by atoms with van der Waals surface area (Å²) in [5, 5.41) is 11.7. The van der Waals surface area contributed by atoms with Crippen molar-refractivity contribution in [3.05, 3.63) is 17.3 Å². The summed E-state index contributed by atoms with van der Waals surface area (Å²) in [5.74, 6) is 0.317. The van der Waals surface area contributed by atoms with Crippen molar-refractivity contribution in [1.82, 2.24) is 10.3 Å². The summed E-state index contributed by atoms with van der Waals surface area (Å²) in [5.41, 5.74) is 0.524. The van der Waals surface area contributed by atoms with Crippen LogP contribution >= 0.6 is 0 Å². The number of aryl methyl sites for hydroxylation is 1. The molecule has 0 aromatic carbocycles. The predicted molar refractivity (Wildman–Crippen MR) is 43.3 cm³/mol. The Hall–Kier alpha value is -1.36. The Labute approximate surface area is 74.8 Å². The van der Waals surface area contributed by atoms with E-state index < -0.39 is 12.0 Å². The molecule has 1 aliphatic rings. The van der Waals surface area contributed by atoms with E-state index in [4.69, 9.17) is 9.52 Å². The Kier molecular flexibility index (Phi) is 1.81. The van der Waals surface area contributed by atoms with Gasteiger partial charge in [-0.3, -0.25) is 10.1 Å². The maximum Gasteiger partial charge on any atom is 0.327 e. The van der Waals surface area contributed by atoms with Crippen LogP contribution in [0.25, 0.3) is 0 Å². The van der Waals surface area contributed by atoms with Crippen molar-refractivity contribution < 1.29 is 14.3 Å². The number of rotatable bonds is 1. The SMILES string of the molecule is Cc1nc2c(o1)CCNC2C(=O)O. The molecule has 1 aliphatic heterocycles. The molecule has 0 amide bonds. The first-order valence-electron chi connectivity index (χ1n) is 4.11. The van der Waals surface area contributed by atoms with Crippen LogP contribution in [0.2, 0.25) is 0 Å². The number of nitrogens with one attached hydrogen (secondary N) is 1. The molecular weight excluding hydrogens is 172 g/mol. The number of oxazole rings is 1. The predicted octanol–water partition coefficient (Wildman–Crippen LogP) is 0.254. The third kappa shape index (κ3) is 1.31. The lowest BCUT2D eigenvalue weighted by molar-refractivity contribution is -0.139. The fraction of sp³-hybridized carbons (Fsp3) is 0.500. The molecule has 5 nitrogen and oxygen atoms in total. The second kappa shape index (κ2) is 2.85. The van der Waals surface area contributed by atoms with Crippen molar-refractivity contribution in [2.24, 2.45) is 0 Å². The Balaban J connectivity index is 2.41. The second-order valence-electron chi connectivity index (χ2n) is 3.02. The molecule has 1 unspecified atom stereocenters. The van der Waals surface area contributed by atoms with Crippen LogP contribution in [0.15, 0.2) is 4.42 Å². The second-order valence-corrected chi connectivity index (χ2v) is 3.02. The smallest absolute Gasteiger partial charge is 0.327 e. The molecule has 0 radical (unpaired) electrons. The first kappa shape index (κ1) is 8.25. The molecule has 2 N–H and O–H groups in total. The lowest BCUT2D eigenvalue weighted by Crippen LogP contribution is -2.34. The van der Waals surface area contributed by atoms with Crippen molar-refractivity contribution in [3.63, 3.8) is 0 Å². The van der Waals surface area contributed by atoms with Crippen LogP contribution in [-0.2, 0) is 11.2 Å². The molecule has 5 heteroatoms. The molecule has 0 fully saturated rings. The molecule has 2 heterocycles. The first-order valence-corrected chi connectivity index (χ1v) is 4.11. The van der Waals surface area contributed by atoms with Gasteiger partial charge in [0.15, 0.2) is 11.9 Å². The van der Waals surface area contributed by atoms with E-state index in [9.17, 15) is 4.79 Å². The molecule has 0 aliphatic carbocycles. The Bertz CT molecular complexity index is 345. The van der Waals surface area contributed by atoms with Gasteiger partial charge in [-0.15, -0.1) is 0 Å². The van der Waals surface area contributed by atoms with Crippen LogP contribution in [0.5, 0.6) is 0 Å². The van der Waals surface area contributed by atoms with Gasteiger partial charge in [0.25, 0.3) is 0 Å². The van der Waals surface area contributed by atoms with E-state index in [0.29, 0.717) is 30.3 Å². The number of aromatic nitrogens is 1. The summed E-state index contributed by atoms with van der Waals surface area (Å²) in [4.78, 5) is 14.8. The lowest BCUT2D eigenvalue weighted by Gasteiger charge is -2.17. The summed E-state index contributed by atoms with van der Waals surface area (Å²) >= 11 is 0. The summed E-state index contributed by atoms with van der Waals surface area (Å²) < 4.78 is 5.27. The van der Waals surface area contributed by atoms with Crippen LogP contribution in [0.1, 0.15) is 23.4 Å². The minimum absolute atomic E-state index is 0.524. The summed E-state index contributed by atoms with van der Waals surface area (Å²) in [6, 6.07) is -0.707. The number of hydrogen-bond donors (Lipinski definition) is 2. The van der Waals surface area contributed by atoms with Gasteiger partial charge in [0.2, 0.25) is 0 Å². The molecule has 13 heavy (non-hydrogen) atoms. The maximum absolute atomic E-state index is 10.8. The van der Waals surface area contributed by atoms with E-state index >= 15 is 0 Å². The van der Waals surface area contributed by atoms with Gasteiger partial charge in [-0.2, -0.15) is 0 Å². The average Bonchev–Trinajstić information content (AvgIpc) is 2.43. The monoisotopic (exact) mass is 182 g/mol. The van der Waals surface area contributed by atoms with Crippen LogP contribution in [0, 0.1) is 6.92 Å². The zero-order valence-corrected chi connectivity index (χ0v) is 7.20. The third-order valence-electron chi connectivity index (χ3n) is 2.06. The summed E-state index contributed by atoms with van der Waals surface area (Å²) in [6.07, 6.45) is 0.708. The quantitative estimate of drug-likeness (QED) is 0.651. The molecule has 0 saturated heterocycles. The normalized spacial score (nSPS) is 21.2. The maximum atomic E-state index is 10.8. The molecule has 0 saturated carbocycles. The Morgan fingerprint density at radius 1 is 1.77 bits per heavy atom. The molecule has 0 bridgehead atoms. The van der Waals surface area contributed by atoms with E-state index in [1.165, 1.54) is 0 Å². The highest BCUT2D eigenvalue weighted by Gasteiger charge is 2.30. The van der Waals surface area contributed by atoms with Crippen LogP contribution in [-0.4, -0.2) is 22.6 Å². The van der Waals surface area contributed by atoms with Gasteiger partial charge < -0.3 is 9.52 Å². The fourth-order valence-electron chi connectivity index (χ4n) is 1.52. The fourth-order valence-corrected chi connectivity index (χ4v) is 1.52. The third-order valence-corrected chi connectivity index (χ3v) is 2.06. The molecule has 1 aromatic rings. The summed E-state index contributed by atoms with van der Waals surface area (Å²) in [7, 11) is 0. The van der Waals surface area contributed by atoms with Gasteiger partial charge in [-0.05, 0) is 0 Å². The average molecular weight is 182 g/mol. The van der Waals surface area contributed by atoms with E-state index in [-0.39, 0.29) is 0 Å². The number of carboxylic acid groups (broad SMARTS) is 1. The van der Waals surface area contributed by atoms with Gasteiger partial charge in [0.05, 0.1) is 0 Å². The van der Waals surface area contributed by atoms with Gasteiger partial charge >= 0.3 is 5.97 Å². The first-order chi connectivity index (χ1) is 6.18. The number of carboxylic acids is 1. The van der Waals surface area contributed by atoms with Crippen molar-refractivity contribution in [3.8, 4) is 0 Å². The van der Waals surface area contributed by atoms with E-state index in [1.807, 2.05) is 0 Å². The molecule has 1 aromatic heterocycles. The van der Waals surface area contributed by atoms with Gasteiger partial charge in [-0.1, -0.05) is 0 Å². The molecular formula is C8H10N2O3. The zero-order chi connectivity index (χ0) is 9.42. The van der Waals surface area contributed by atoms with E-state index in [2.05, 4.69) is 10.3 Å². The molecule has 2 rings (SSSR count). The minimum Gasteiger partial charge on any atom is -0.480 e. The highest BCUT2D eigenvalue weighted by molar-refractivity contribution is 5.75. The number of nitrogens with zero attached hydrogens (tertiary/aromatic N) is 1. The topological polar surface area (TPSA) is 75.4 Å². The lowest BCUT2D eigenvalue weighted by atomic mass is 10.1. The molecule has 70 valence electrons. The zero-order valence-electron chi connectivity index (χ0n) is 7.20. The van der Waals surface area contributed by atoms with E-state index in [0.717, 1.165) is 0 Å². The van der Waals surface area contributed by atoms with Crippen molar-refractivity contribution in [2.75, 3.05) is 6.54 Å². The Morgan fingerprint density at radius 3 is 3.23 bits per heavy atom. The van der Waals surface area contributed by atoms with Crippen LogP contribution < -0.4 is 5.32 Å². The minimum atomic E-state index is -0.908. The molecule has 0 spiro atoms. The standard InChI is InChI=1S/C8H10N2O3/c1-4-10-6-5(13-4)2-3-9-7(6)8(11)12/h7,9H,2-3H2,1H3,(H,11,12). The van der Waals surface area contributed by atoms with Crippen LogP contribution in [0.3, 0.4) is 0 Å². The van der Waals surface area contributed by atoms with Crippen molar-refractivity contribution in [1.29, 1.82) is 0 Å². The number of hydrogen-bond acceptors (Lipinski definition) is 4. The largest absolute Gasteiger partial charge is 0.480 e. The van der Waals surface area contributed by atoms with Gasteiger partial charge in [-0.25, -0.2) is 4.98 Å². The van der Waals surface area contributed by atoms with Crippen LogP contribution in [0.4, 0.5) is 0 Å². The Morgan fingerprint density at radius 2 is 2.54 bits per heavy atom. The van der Waals surface area contributed by atoms with Gasteiger partial charge in [0.1, 0.15) is 11.5 Å².